The second kappa shape index (κ2) is 15.1. The molecular weight excluding hydrogens is 659 g/mol. The molecule has 14 heteroatoms. The zero-order valence-corrected chi connectivity index (χ0v) is 29.7. The molecule has 1 aliphatic carbocycles. The first-order valence-electron chi connectivity index (χ1n) is 16.8. The average Bonchev–Trinajstić information content (AvgIpc) is 3.64. The third-order valence-electron chi connectivity index (χ3n) is 9.67. The zero-order valence-electron chi connectivity index (χ0n) is 27.4. The number of carbonyl (C=O) groups is 2. The van der Waals surface area contributed by atoms with Gasteiger partial charge in [-0.2, -0.15) is 0 Å². The average molecular weight is 704 g/mol. The van der Waals surface area contributed by atoms with Crippen LogP contribution in [-0.2, 0) is 4.74 Å². The molecule has 0 unspecified atom stereocenters. The molecule has 2 aliphatic heterocycles. The van der Waals surface area contributed by atoms with Crippen molar-refractivity contribution in [1.82, 2.24) is 30.2 Å². The van der Waals surface area contributed by atoms with Crippen LogP contribution in [0.4, 0.5) is 10.9 Å². The summed E-state index contributed by atoms with van der Waals surface area (Å²) in [4.78, 5) is 50.8. The number of thiazole rings is 1. The molecule has 6 rings (SSSR count). The van der Waals surface area contributed by atoms with Crippen molar-refractivity contribution in [1.29, 1.82) is 0 Å². The minimum atomic E-state index is -0.418. The van der Waals surface area contributed by atoms with Gasteiger partial charge in [-0.1, -0.05) is 60.7 Å². The Kier molecular flexibility index (Phi) is 10.9. The highest BCUT2D eigenvalue weighted by Crippen LogP contribution is 2.36. The van der Waals surface area contributed by atoms with Gasteiger partial charge in [0.2, 0.25) is 0 Å². The van der Waals surface area contributed by atoms with Crippen LogP contribution in [0.15, 0.2) is 12.4 Å². The number of nitrogens with one attached hydrogen (secondary N) is 2. The van der Waals surface area contributed by atoms with Gasteiger partial charge in [0.05, 0.1) is 29.0 Å². The van der Waals surface area contributed by atoms with Crippen molar-refractivity contribution in [3.63, 3.8) is 0 Å². The fraction of sp³-hybridized carbons (Fsp3) is 0.606. The van der Waals surface area contributed by atoms with Crippen molar-refractivity contribution in [2.75, 3.05) is 62.2 Å². The first-order chi connectivity index (χ1) is 22.7. The number of esters is 1. The number of aromatic nitrogens is 4. The fourth-order valence-corrected chi connectivity index (χ4v) is 8.38. The molecule has 3 aromatic heterocycles. The number of rotatable bonds is 9. The summed E-state index contributed by atoms with van der Waals surface area (Å²) < 4.78 is 5.40. The highest BCUT2D eigenvalue weighted by atomic mass is 35.5. The van der Waals surface area contributed by atoms with Crippen molar-refractivity contribution in [2.24, 2.45) is 11.8 Å². The molecule has 1 amide bonds. The second-order valence-corrected chi connectivity index (χ2v) is 14.7. The maximum Gasteiger partial charge on any atom is 0.350 e. The van der Waals surface area contributed by atoms with Crippen LogP contribution in [0.5, 0.6) is 0 Å². The van der Waals surface area contributed by atoms with Gasteiger partial charge < -0.3 is 24.8 Å². The maximum absolute atomic E-state index is 13.0. The van der Waals surface area contributed by atoms with Gasteiger partial charge in [0.15, 0.2) is 5.13 Å². The minimum absolute atomic E-state index is 0.0614. The molecular formula is C33H44Cl2N8O3S. The van der Waals surface area contributed by atoms with Crippen molar-refractivity contribution in [2.45, 2.75) is 65.3 Å². The van der Waals surface area contributed by atoms with E-state index in [0.717, 1.165) is 43.0 Å². The van der Waals surface area contributed by atoms with Crippen LogP contribution in [0, 0.1) is 18.8 Å². The molecule has 254 valence electrons. The lowest BCUT2D eigenvalue weighted by Crippen LogP contribution is -2.50. The molecule has 0 spiro atoms. The van der Waals surface area contributed by atoms with Crippen LogP contribution in [0.2, 0.25) is 10.0 Å². The number of piperazine rings is 1. The highest BCUT2D eigenvalue weighted by Gasteiger charge is 2.32. The molecule has 2 N–H and O–H groups in total. The highest BCUT2D eigenvalue weighted by molar-refractivity contribution is 7.17. The van der Waals surface area contributed by atoms with Crippen LogP contribution >= 0.6 is 34.5 Å². The smallest absolute Gasteiger partial charge is 0.350 e. The number of hydrogen-bond donors (Lipinski definition) is 2. The third kappa shape index (κ3) is 7.71. The summed E-state index contributed by atoms with van der Waals surface area (Å²) in [5.74, 6) is 1.10. The van der Waals surface area contributed by atoms with Crippen molar-refractivity contribution < 1.29 is 14.3 Å². The number of aryl methyl sites for hydroxylation is 1. The monoisotopic (exact) mass is 702 g/mol. The number of carbonyl (C=O) groups excluding carboxylic acids is 2. The number of amides is 1. The Morgan fingerprint density at radius 2 is 1.79 bits per heavy atom. The standard InChI is InChI=1S/C33H44Cl2N8O3S/c1-4-46-32(45)30-28(24-16-37-25(17-36-24)42-14-12-41(13-15-42)19-22-8-6-5-7-9-22)40-33(47-30)43-11-10-23(20(2)18-43)39-31(44)29-27(35)26(34)21(3)38-29/h16-17,20,22-23,38H,4-15,18-19H2,1-3H3,(H,39,44)/t20-,23+/m0/s1. The van der Waals surface area contributed by atoms with E-state index < -0.39 is 5.97 Å². The van der Waals surface area contributed by atoms with Gasteiger partial charge in [-0.25, -0.2) is 19.7 Å². The SMILES string of the molecule is CCOC(=O)c1sc(N2CC[C@@H](NC(=O)c3[nH]c(C)c(Cl)c3Cl)[C@@H](C)C2)nc1-c1cnc(N2CCN(CC3CCCCC3)CC2)cn1. The van der Waals surface area contributed by atoms with Crippen molar-refractivity contribution >= 4 is 57.4 Å². The number of anilines is 2. The fourth-order valence-electron chi connectivity index (χ4n) is 6.96. The summed E-state index contributed by atoms with van der Waals surface area (Å²) in [6.45, 7) is 12.4. The number of hydrogen-bond acceptors (Lipinski definition) is 10. The second-order valence-electron chi connectivity index (χ2n) is 13.0. The van der Waals surface area contributed by atoms with E-state index in [4.69, 9.17) is 42.9 Å². The number of H-pyrrole nitrogens is 1. The molecule has 3 aromatic rings. The van der Waals surface area contributed by atoms with Gasteiger partial charge >= 0.3 is 5.97 Å². The van der Waals surface area contributed by atoms with E-state index in [1.807, 2.05) is 0 Å². The topological polar surface area (TPSA) is 120 Å². The van der Waals surface area contributed by atoms with Crippen LogP contribution in [0.3, 0.4) is 0 Å². The summed E-state index contributed by atoms with van der Waals surface area (Å²) in [7, 11) is 0. The zero-order chi connectivity index (χ0) is 33.1. The number of nitrogens with zero attached hydrogens (tertiary/aromatic N) is 6. The summed E-state index contributed by atoms with van der Waals surface area (Å²) in [5.41, 5.74) is 1.96. The van der Waals surface area contributed by atoms with Gasteiger partial charge in [0.1, 0.15) is 27.8 Å². The lowest BCUT2D eigenvalue weighted by Gasteiger charge is -2.37. The van der Waals surface area contributed by atoms with Crippen LogP contribution < -0.4 is 15.1 Å². The van der Waals surface area contributed by atoms with Gasteiger partial charge in [0, 0.05) is 57.5 Å². The Balaban J connectivity index is 1.10. The van der Waals surface area contributed by atoms with E-state index in [9.17, 15) is 9.59 Å². The molecule has 0 aromatic carbocycles. The summed E-state index contributed by atoms with van der Waals surface area (Å²) in [6.07, 6.45) is 11.1. The Morgan fingerprint density at radius 1 is 1.02 bits per heavy atom. The quantitative estimate of drug-likeness (QED) is 0.256. The first kappa shape index (κ1) is 34.0. The van der Waals surface area contributed by atoms with Gasteiger partial charge in [-0.05, 0) is 44.9 Å². The molecule has 3 fully saturated rings. The molecule has 0 radical (unpaired) electrons. The number of aromatic amines is 1. The van der Waals surface area contributed by atoms with Crippen LogP contribution in [-0.4, -0.2) is 95.2 Å². The molecule has 47 heavy (non-hydrogen) atoms. The van der Waals surface area contributed by atoms with E-state index in [0.29, 0.717) is 46.5 Å². The Morgan fingerprint density at radius 3 is 2.43 bits per heavy atom. The Hall–Kier alpha value is -2.93. The molecule has 3 aliphatic rings. The van der Waals surface area contributed by atoms with E-state index in [-0.39, 0.29) is 35.2 Å². The van der Waals surface area contributed by atoms with E-state index in [2.05, 4.69) is 31.9 Å². The maximum atomic E-state index is 13.0. The van der Waals surface area contributed by atoms with Crippen molar-refractivity contribution in [3.05, 3.63) is 38.7 Å². The number of ether oxygens (including phenoxy) is 1. The van der Waals surface area contributed by atoms with Crippen LogP contribution in [0.25, 0.3) is 11.4 Å². The largest absolute Gasteiger partial charge is 0.462 e. The van der Waals surface area contributed by atoms with E-state index >= 15 is 0 Å². The van der Waals surface area contributed by atoms with Gasteiger partial charge in [0.25, 0.3) is 5.91 Å². The molecule has 11 nitrogen and oxygen atoms in total. The molecule has 2 atom stereocenters. The van der Waals surface area contributed by atoms with Crippen molar-refractivity contribution in [3.8, 4) is 11.4 Å². The van der Waals surface area contributed by atoms with Gasteiger partial charge in [-0.3, -0.25) is 9.69 Å². The minimum Gasteiger partial charge on any atom is -0.462 e. The summed E-state index contributed by atoms with van der Waals surface area (Å²) in [5, 5.41) is 4.42. The third-order valence-corrected chi connectivity index (χ3v) is 11.7. The molecule has 2 saturated heterocycles. The lowest BCUT2D eigenvalue weighted by molar-refractivity contribution is 0.0532. The van der Waals surface area contributed by atoms with Crippen LogP contribution in [0.1, 0.15) is 78.2 Å². The Bertz CT molecular complexity index is 1550. The Labute approximate surface area is 290 Å². The van der Waals surface area contributed by atoms with E-state index in [1.165, 1.54) is 50.0 Å². The predicted octanol–water partition coefficient (Wildman–Crippen LogP) is 6.07. The summed E-state index contributed by atoms with van der Waals surface area (Å²) >= 11 is 13.8. The first-order valence-corrected chi connectivity index (χ1v) is 18.4. The van der Waals surface area contributed by atoms with E-state index in [1.54, 1.807) is 26.2 Å². The lowest BCUT2D eigenvalue weighted by atomic mass is 9.89. The molecule has 1 saturated carbocycles. The normalized spacial score (nSPS) is 21.2. The molecule has 5 heterocycles. The summed E-state index contributed by atoms with van der Waals surface area (Å²) in [6, 6.07) is -0.0614. The molecule has 0 bridgehead atoms. The number of piperidine rings is 1. The van der Waals surface area contributed by atoms with Gasteiger partial charge in [-0.15, -0.1) is 0 Å². The predicted molar refractivity (Wildman–Crippen MR) is 187 cm³/mol. The number of halogens is 2.